The van der Waals surface area contributed by atoms with Gasteiger partial charge in [-0.15, -0.1) is 0 Å². The van der Waals surface area contributed by atoms with E-state index < -0.39 is 0 Å². The number of thiocarbonyl (C=S) groups is 1. The van der Waals surface area contributed by atoms with Gasteiger partial charge in [0.05, 0.1) is 11.8 Å². The number of halogens is 1. The Bertz CT molecular complexity index is 518. The molecule has 1 aliphatic rings. The third-order valence-corrected chi connectivity index (χ3v) is 5.31. The maximum atomic E-state index is 12.0. The van der Waals surface area contributed by atoms with E-state index in [4.69, 9.17) is 23.8 Å². The Balaban J connectivity index is 1.79. The summed E-state index contributed by atoms with van der Waals surface area (Å²) in [6, 6.07) is 7.45. The summed E-state index contributed by atoms with van der Waals surface area (Å²) in [5.41, 5.74) is 0.930. The molecule has 3 nitrogen and oxygen atoms in total. The molecule has 2 rings (SSSR count). The SMILES string of the molecule is C[C@H](NC(=O)CSC(=S)N1CCCC1)c1ccccc1Cl. The molecule has 1 heterocycles. The molecular weight excluding hydrogens is 324 g/mol. The van der Waals surface area contributed by atoms with Crippen molar-refractivity contribution in [1.82, 2.24) is 10.2 Å². The molecule has 0 aromatic heterocycles. The average molecular weight is 343 g/mol. The molecule has 114 valence electrons. The van der Waals surface area contributed by atoms with Crippen molar-refractivity contribution in [3.63, 3.8) is 0 Å². The molecule has 1 saturated heterocycles. The molecule has 0 saturated carbocycles. The maximum Gasteiger partial charge on any atom is 0.230 e. The number of likely N-dealkylation sites (tertiary alicyclic amines) is 1. The molecule has 21 heavy (non-hydrogen) atoms. The number of amides is 1. The smallest absolute Gasteiger partial charge is 0.230 e. The van der Waals surface area contributed by atoms with Gasteiger partial charge in [0.15, 0.2) is 0 Å². The minimum atomic E-state index is -0.104. The fourth-order valence-corrected chi connectivity index (χ4v) is 3.67. The van der Waals surface area contributed by atoms with Crippen molar-refractivity contribution in [3.05, 3.63) is 34.9 Å². The zero-order valence-corrected chi connectivity index (χ0v) is 14.4. The fraction of sp³-hybridized carbons (Fsp3) is 0.467. The molecule has 0 spiro atoms. The van der Waals surface area contributed by atoms with Gasteiger partial charge in [0.2, 0.25) is 5.91 Å². The highest BCUT2D eigenvalue weighted by molar-refractivity contribution is 8.23. The predicted octanol–water partition coefficient (Wildman–Crippen LogP) is 3.63. The van der Waals surface area contributed by atoms with Crippen LogP contribution in [-0.2, 0) is 4.79 Å². The van der Waals surface area contributed by atoms with Crippen molar-refractivity contribution in [2.45, 2.75) is 25.8 Å². The van der Waals surface area contributed by atoms with Gasteiger partial charge in [-0.1, -0.05) is 53.8 Å². The van der Waals surface area contributed by atoms with E-state index in [-0.39, 0.29) is 11.9 Å². The summed E-state index contributed by atoms with van der Waals surface area (Å²) < 4.78 is 0.827. The zero-order chi connectivity index (χ0) is 15.2. The second-order valence-electron chi connectivity index (χ2n) is 5.06. The Hall–Kier alpha value is -0.780. The van der Waals surface area contributed by atoms with Gasteiger partial charge < -0.3 is 10.2 Å². The van der Waals surface area contributed by atoms with Crippen molar-refractivity contribution in [2.24, 2.45) is 0 Å². The van der Waals surface area contributed by atoms with Gasteiger partial charge in [-0.2, -0.15) is 0 Å². The van der Waals surface area contributed by atoms with Gasteiger partial charge in [-0.3, -0.25) is 4.79 Å². The zero-order valence-electron chi connectivity index (χ0n) is 12.0. The summed E-state index contributed by atoms with van der Waals surface area (Å²) in [6.45, 7) is 3.97. The van der Waals surface area contributed by atoms with Crippen LogP contribution in [0.3, 0.4) is 0 Å². The second kappa shape index (κ2) is 8.01. The molecule has 0 unspecified atom stereocenters. The van der Waals surface area contributed by atoms with E-state index in [0.717, 1.165) is 23.0 Å². The van der Waals surface area contributed by atoms with Gasteiger partial charge in [-0.05, 0) is 31.4 Å². The highest BCUT2D eigenvalue weighted by Crippen LogP contribution is 2.22. The first-order valence-electron chi connectivity index (χ1n) is 7.03. The Morgan fingerprint density at radius 1 is 1.43 bits per heavy atom. The Morgan fingerprint density at radius 3 is 2.76 bits per heavy atom. The lowest BCUT2D eigenvalue weighted by Crippen LogP contribution is -2.30. The molecule has 1 aromatic carbocycles. The van der Waals surface area contributed by atoms with Crippen molar-refractivity contribution in [1.29, 1.82) is 0 Å². The minimum Gasteiger partial charge on any atom is -0.358 e. The van der Waals surface area contributed by atoms with Crippen molar-refractivity contribution >= 4 is 45.8 Å². The quantitative estimate of drug-likeness (QED) is 0.847. The van der Waals surface area contributed by atoms with Crippen LogP contribution >= 0.6 is 35.6 Å². The third kappa shape index (κ3) is 4.87. The van der Waals surface area contributed by atoms with Crippen molar-refractivity contribution in [3.8, 4) is 0 Å². The number of carbonyl (C=O) groups is 1. The lowest BCUT2D eigenvalue weighted by molar-refractivity contribution is -0.119. The first-order valence-corrected chi connectivity index (χ1v) is 8.80. The monoisotopic (exact) mass is 342 g/mol. The molecule has 6 heteroatoms. The number of benzene rings is 1. The molecule has 0 bridgehead atoms. The van der Waals surface area contributed by atoms with E-state index in [0.29, 0.717) is 10.8 Å². The van der Waals surface area contributed by atoms with E-state index in [9.17, 15) is 4.79 Å². The normalized spacial score (nSPS) is 15.8. The topological polar surface area (TPSA) is 32.3 Å². The standard InChI is InChI=1S/C15H19ClN2OS2/c1-11(12-6-2-3-7-13(12)16)17-14(19)10-21-15(20)18-8-4-5-9-18/h2-3,6-7,11H,4-5,8-10H2,1H3,(H,17,19)/t11-/m0/s1. The van der Waals surface area contributed by atoms with Gasteiger partial charge in [0.1, 0.15) is 4.32 Å². The van der Waals surface area contributed by atoms with Crippen molar-refractivity contribution < 1.29 is 4.79 Å². The summed E-state index contributed by atoms with van der Waals surface area (Å²) in [5.74, 6) is 0.332. The number of nitrogens with zero attached hydrogens (tertiary/aromatic N) is 1. The molecule has 1 aromatic rings. The van der Waals surface area contributed by atoms with Crippen LogP contribution < -0.4 is 5.32 Å². The second-order valence-corrected chi connectivity index (χ2v) is 7.08. The highest BCUT2D eigenvalue weighted by Gasteiger charge is 2.17. The number of nitrogens with one attached hydrogen (secondary N) is 1. The van der Waals surface area contributed by atoms with Crippen molar-refractivity contribution in [2.75, 3.05) is 18.8 Å². The minimum absolute atomic E-state index is 0.0195. The van der Waals surface area contributed by atoms with Gasteiger partial charge in [0, 0.05) is 18.1 Å². The molecular formula is C15H19ClN2OS2. The summed E-state index contributed by atoms with van der Waals surface area (Å²) in [5, 5.41) is 3.63. The van der Waals surface area contributed by atoms with E-state index in [2.05, 4.69) is 10.2 Å². The van der Waals surface area contributed by atoms with Crippen LogP contribution in [0.4, 0.5) is 0 Å². The molecule has 0 aliphatic carbocycles. The Labute approximate surface area is 140 Å². The van der Waals surface area contributed by atoms with Crippen LogP contribution in [0.1, 0.15) is 31.4 Å². The van der Waals surface area contributed by atoms with Crippen LogP contribution in [0.2, 0.25) is 5.02 Å². The largest absolute Gasteiger partial charge is 0.358 e. The lowest BCUT2D eigenvalue weighted by Gasteiger charge is -2.18. The van der Waals surface area contributed by atoms with E-state index >= 15 is 0 Å². The molecule has 1 aliphatic heterocycles. The van der Waals surface area contributed by atoms with Gasteiger partial charge in [-0.25, -0.2) is 0 Å². The number of hydrogen-bond donors (Lipinski definition) is 1. The summed E-state index contributed by atoms with van der Waals surface area (Å²) in [7, 11) is 0. The Morgan fingerprint density at radius 2 is 2.10 bits per heavy atom. The first-order chi connectivity index (χ1) is 10.1. The Kier molecular flexibility index (Phi) is 6.33. The van der Waals surface area contributed by atoms with E-state index in [1.165, 1.54) is 24.6 Å². The summed E-state index contributed by atoms with van der Waals surface area (Å²) in [6.07, 6.45) is 2.38. The number of rotatable bonds is 4. The molecule has 0 radical (unpaired) electrons. The summed E-state index contributed by atoms with van der Waals surface area (Å²) in [4.78, 5) is 14.2. The first kappa shape index (κ1) is 16.6. The van der Waals surface area contributed by atoms with E-state index in [1.54, 1.807) is 0 Å². The molecule has 1 amide bonds. The average Bonchev–Trinajstić information content (AvgIpc) is 2.99. The van der Waals surface area contributed by atoms with Crippen LogP contribution in [0.25, 0.3) is 0 Å². The van der Waals surface area contributed by atoms with Crippen LogP contribution in [0.5, 0.6) is 0 Å². The number of hydrogen-bond acceptors (Lipinski definition) is 3. The molecule has 1 atom stereocenters. The van der Waals surface area contributed by atoms with Crippen LogP contribution in [0.15, 0.2) is 24.3 Å². The molecule has 1 N–H and O–H groups in total. The van der Waals surface area contributed by atoms with Crippen LogP contribution in [0, 0.1) is 0 Å². The highest BCUT2D eigenvalue weighted by atomic mass is 35.5. The number of carbonyl (C=O) groups excluding carboxylic acids is 1. The van der Waals surface area contributed by atoms with Crippen LogP contribution in [-0.4, -0.2) is 34.0 Å². The maximum absolute atomic E-state index is 12.0. The summed E-state index contributed by atoms with van der Waals surface area (Å²) >= 11 is 12.9. The number of thioether (sulfide) groups is 1. The van der Waals surface area contributed by atoms with Gasteiger partial charge >= 0.3 is 0 Å². The predicted molar refractivity (Wildman–Crippen MR) is 93.9 cm³/mol. The third-order valence-electron chi connectivity index (χ3n) is 3.44. The van der Waals surface area contributed by atoms with Gasteiger partial charge in [0.25, 0.3) is 0 Å². The molecule has 1 fully saturated rings. The van der Waals surface area contributed by atoms with E-state index in [1.807, 2.05) is 31.2 Å². The lowest BCUT2D eigenvalue weighted by atomic mass is 10.1. The fourth-order valence-electron chi connectivity index (χ4n) is 2.31.